The maximum atomic E-state index is 10.1. The van der Waals surface area contributed by atoms with Crippen LogP contribution in [0.3, 0.4) is 0 Å². The van der Waals surface area contributed by atoms with Gasteiger partial charge >= 0.3 is 0 Å². The number of nitrogen functional groups attached to an aromatic ring is 1. The molecular formula is C24H42N4O5S2. The van der Waals surface area contributed by atoms with Crippen LogP contribution in [0.5, 0.6) is 0 Å². The van der Waals surface area contributed by atoms with E-state index in [1.54, 1.807) is 17.5 Å². The third-order valence-corrected chi connectivity index (χ3v) is 7.18. The van der Waals surface area contributed by atoms with Gasteiger partial charge in [0.1, 0.15) is 11.6 Å². The Morgan fingerprint density at radius 1 is 1.09 bits per heavy atom. The van der Waals surface area contributed by atoms with Crippen LogP contribution in [0.15, 0.2) is 11.7 Å². The van der Waals surface area contributed by atoms with Gasteiger partial charge in [0.05, 0.1) is 17.0 Å². The SMILES string of the molecule is CCCCCCCCCCCCOS(=O)(=O)[O-].Cc1ncc(C[n+]2csc(CCO)c2C)c(N)n1. The lowest BCUT2D eigenvalue weighted by atomic mass is 10.1. The van der Waals surface area contributed by atoms with Gasteiger partial charge in [-0.1, -0.05) is 76.0 Å². The van der Waals surface area contributed by atoms with E-state index in [2.05, 4.69) is 25.6 Å². The number of thiazole rings is 1. The lowest BCUT2D eigenvalue weighted by Crippen LogP contribution is -2.35. The molecule has 0 aromatic carbocycles. The molecule has 0 unspecified atom stereocenters. The van der Waals surface area contributed by atoms with Crippen molar-refractivity contribution in [2.24, 2.45) is 0 Å². The summed E-state index contributed by atoms with van der Waals surface area (Å²) < 4.78 is 36.6. The highest BCUT2D eigenvalue weighted by Gasteiger charge is 2.17. The zero-order valence-electron chi connectivity index (χ0n) is 21.4. The minimum absolute atomic E-state index is 0.0301. The second-order valence-corrected chi connectivity index (χ2v) is 10.6. The van der Waals surface area contributed by atoms with Crippen molar-refractivity contribution >= 4 is 27.6 Å². The molecule has 9 nitrogen and oxygen atoms in total. The van der Waals surface area contributed by atoms with Gasteiger partial charge in [-0.15, -0.1) is 0 Å². The molecule has 0 fully saturated rings. The van der Waals surface area contributed by atoms with Gasteiger partial charge in [0.25, 0.3) is 0 Å². The second-order valence-electron chi connectivity index (χ2n) is 8.57. The number of nitrogens with zero attached hydrogens (tertiary/aromatic N) is 3. The Hall–Kier alpha value is -1.66. The van der Waals surface area contributed by atoms with Gasteiger partial charge in [-0.05, 0) is 13.3 Å². The molecule has 2 aromatic rings. The van der Waals surface area contributed by atoms with E-state index < -0.39 is 10.4 Å². The average Bonchev–Trinajstić information content (AvgIpc) is 3.13. The summed E-state index contributed by atoms with van der Waals surface area (Å²) in [5.41, 5.74) is 10.0. The van der Waals surface area contributed by atoms with Gasteiger partial charge in [0, 0.05) is 26.1 Å². The number of hydrogen-bond acceptors (Lipinski definition) is 9. The summed E-state index contributed by atoms with van der Waals surface area (Å²) in [7, 11) is -4.48. The quantitative estimate of drug-likeness (QED) is 0.144. The van der Waals surface area contributed by atoms with Gasteiger partial charge in [-0.2, -0.15) is 4.57 Å². The van der Waals surface area contributed by atoms with Gasteiger partial charge in [-0.3, -0.25) is 4.18 Å². The van der Waals surface area contributed by atoms with Crippen LogP contribution in [0.25, 0.3) is 0 Å². The topological polar surface area (TPSA) is 142 Å². The molecule has 2 aromatic heterocycles. The zero-order chi connectivity index (χ0) is 26.1. The first-order chi connectivity index (χ1) is 16.7. The van der Waals surface area contributed by atoms with E-state index in [9.17, 15) is 13.0 Å². The van der Waals surface area contributed by atoms with Gasteiger partial charge in [0.15, 0.2) is 12.2 Å². The number of aliphatic hydroxyl groups is 1. The third kappa shape index (κ3) is 14.5. The number of unbranched alkanes of at least 4 members (excludes halogenated alkanes) is 9. The Labute approximate surface area is 214 Å². The van der Waals surface area contributed by atoms with E-state index in [1.165, 1.54) is 49.8 Å². The highest BCUT2D eigenvalue weighted by molar-refractivity contribution is 7.80. The predicted molar refractivity (Wildman–Crippen MR) is 138 cm³/mol. The minimum atomic E-state index is -4.48. The molecule has 0 aliphatic carbocycles. The Morgan fingerprint density at radius 3 is 2.23 bits per heavy atom. The smallest absolute Gasteiger partial charge is 0.225 e. The van der Waals surface area contributed by atoms with Crippen molar-refractivity contribution in [2.45, 2.75) is 97.9 Å². The average molecular weight is 531 g/mol. The number of hydrogen-bond donors (Lipinski definition) is 2. The van der Waals surface area contributed by atoms with Crippen LogP contribution in [0.2, 0.25) is 0 Å². The fraction of sp³-hybridized carbons (Fsp3) is 0.708. The van der Waals surface area contributed by atoms with Crippen molar-refractivity contribution in [1.29, 1.82) is 0 Å². The number of nitrogens with two attached hydrogens (primary N) is 1. The fourth-order valence-electron chi connectivity index (χ4n) is 3.52. The summed E-state index contributed by atoms with van der Waals surface area (Å²) in [5.74, 6) is 1.22. The summed E-state index contributed by atoms with van der Waals surface area (Å²) in [6, 6.07) is 0. The summed E-state index contributed by atoms with van der Waals surface area (Å²) in [6.07, 6.45) is 14.2. The van der Waals surface area contributed by atoms with E-state index in [1.807, 2.05) is 19.4 Å². The van der Waals surface area contributed by atoms with Crippen LogP contribution in [-0.4, -0.2) is 41.3 Å². The number of aliphatic hydroxyl groups excluding tert-OH is 1. The van der Waals surface area contributed by atoms with E-state index in [0.717, 1.165) is 24.1 Å². The number of aryl methyl sites for hydroxylation is 1. The molecule has 0 amide bonds. The maximum absolute atomic E-state index is 10.1. The molecule has 0 bridgehead atoms. The third-order valence-electron chi connectivity index (χ3n) is 5.58. The van der Waals surface area contributed by atoms with Crippen LogP contribution in [-0.2, 0) is 27.5 Å². The number of anilines is 1. The summed E-state index contributed by atoms with van der Waals surface area (Å²) in [5, 5.41) is 8.98. The highest BCUT2D eigenvalue weighted by atomic mass is 32.3. The monoisotopic (exact) mass is 530 g/mol. The molecule has 11 heteroatoms. The normalized spacial score (nSPS) is 11.3. The van der Waals surface area contributed by atoms with Crippen molar-refractivity contribution in [1.82, 2.24) is 9.97 Å². The molecule has 0 spiro atoms. The van der Waals surface area contributed by atoms with Crippen LogP contribution in [0, 0.1) is 13.8 Å². The lowest BCUT2D eigenvalue weighted by Gasteiger charge is -2.06. The Kier molecular flexibility index (Phi) is 15.9. The molecule has 3 N–H and O–H groups in total. The van der Waals surface area contributed by atoms with Crippen LogP contribution in [0.1, 0.15) is 93.1 Å². The van der Waals surface area contributed by atoms with E-state index >= 15 is 0 Å². The largest absolute Gasteiger partial charge is 0.726 e. The molecule has 0 radical (unpaired) electrons. The molecule has 0 aliphatic rings. The number of rotatable bonds is 16. The van der Waals surface area contributed by atoms with Crippen molar-refractivity contribution in [3.05, 3.63) is 33.7 Å². The first kappa shape index (κ1) is 31.4. The molecule has 2 rings (SSSR count). The Morgan fingerprint density at radius 2 is 1.69 bits per heavy atom. The predicted octanol–water partition coefficient (Wildman–Crippen LogP) is 3.99. The first-order valence-corrected chi connectivity index (χ1v) is 14.6. The zero-order valence-corrected chi connectivity index (χ0v) is 23.0. The van der Waals surface area contributed by atoms with Crippen molar-refractivity contribution in [3.8, 4) is 0 Å². The summed E-state index contributed by atoms with van der Waals surface area (Å²) in [6.45, 7) is 6.96. The molecule has 2 heterocycles. The van der Waals surface area contributed by atoms with Gasteiger partial charge in [-0.25, -0.2) is 18.4 Å². The van der Waals surface area contributed by atoms with Gasteiger partial charge < -0.3 is 15.4 Å². The molecule has 0 saturated heterocycles. The molecule has 0 aliphatic heterocycles. The first-order valence-electron chi connectivity index (χ1n) is 12.4. The van der Waals surface area contributed by atoms with Crippen LogP contribution < -0.4 is 10.3 Å². The van der Waals surface area contributed by atoms with Crippen LogP contribution >= 0.6 is 11.3 Å². The Balaban J connectivity index is 0.000000351. The van der Waals surface area contributed by atoms with E-state index in [-0.39, 0.29) is 13.2 Å². The molecular weight excluding hydrogens is 488 g/mol. The molecule has 0 atom stereocenters. The lowest BCUT2D eigenvalue weighted by molar-refractivity contribution is -0.689. The standard InChI is InChI=1S/C12H17N4OS.C12H26O4S/c1-8-11(3-4-17)18-7-16(8)6-10-5-14-9(2)15-12(10)13;1-2-3-4-5-6-7-8-9-10-11-12-16-17(13,14)15/h5,7,17H,3-4,6H2,1-2H3,(H2,13,14,15);2-12H2,1H3,(H,13,14,15)/q+1;/p-1. The van der Waals surface area contributed by atoms with Crippen molar-refractivity contribution in [3.63, 3.8) is 0 Å². The summed E-state index contributed by atoms with van der Waals surface area (Å²) >= 11 is 1.65. The maximum Gasteiger partial charge on any atom is 0.225 e. The fourth-order valence-corrected chi connectivity index (χ4v) is 4.82. The van der Waals surface area contributed by atoms with E-state index in [0.29, 0.717) is 31.0 Å². The molecule has 35 heavy (non-hydrogen) atoms. The Bertz CT molecular complexity index is 951. The minimum Gasteiger partial charge on any atom is -0.726 e. The molecule has 200 valence electrons. The van der Waals surface area contributed by atoms with E-state index in [4.69, 9.17) is 10.8 Å². The highest BCUT2D eigenvalue weighted by Crippen LogP contribution is 2.14. The second kappa shape index (κ2) is 17.7. The van der Waals surface area contributed by atoms with Crippen molar-refractivity contribution in [2.75, 3.05) is 18.9 Å². The summed E-state index contributed by atoms with van der Waals surface area (Å²) in [4.78, 5) is 9.53. The molecule has 0 saturated carbocycles. The number of aromatic nitrogens is 3. The van der Waals surface area contributed by atoms with Crippen LogP contribution in [0.4, 0.5) is 5.82 Å². The van der Waals surface area contributed by atoms with Gasteiger partial charge in [0.2, 0.25) is 15.9 Å². The van der Waals surface area contributed by atoms with Crippen molar-refractivity contribution < 1.29 is 26.8 Å².